The molecule has 1 aromatic carbocycles. The van der Waals surface area contributed by atoms with Crippen LogP contribution in [0.2, 0.25) is 5.02 Å². The zero-order valence-corrected chi connectivity index (χ0v) is 12.7. The van der Waals surface area contributed by atoms with Gasteiger partial charge in [-0.15, -0.1) is 0 Å². The van der Waals surface area contributed by atoms with Crippen LogP contribution in [0.25, 0.3) is 0 Å². The van der Waals surface area contributed by atoms with Crippen molar-refractivity contribution in [2.45, 2.75) is 39.7 Å². The van der Waals surface area contributed by atoms with Crippen LogP contribution >= 0.6 is 11.6 Å². The molecule has 2 nitrogen and oxygen atoms in total. The molecule has 0 aliphatic rings. The smallest absolute Gasteiger partial charge is 0.0410 e. The van der Waals surface area contributed by atoms with Crippen molar-refractivity contribution in [3.05, 3.63) is 28.8 Å². The van der Waals surface area contributed by atoms with Gasteiger partial charge in [0.15, 0.2) is 0 Å². The molecule has 0 aliphatic carbocycles. The maximum absolute atomic E-state index is 6.09. The highest BCUT2D eigenvalue weighted by atomic mass is 35.5. The van der Waals surface area contributed by atoms with Crippen molar-refractivity contribution in [1.82, 2.24) is 0 Å². The van der Waals surface area contributed by atoms with Gasteiger partial charge in [0.05, 0.1) is 0 Å². The second-order valence-electron chi connectivity index (χ2n) is 5.42. The summed E-state index contributed by atoms with van der Waals surface area (Å²) >= 11 is 6.09. The fourth-order valence-electron chi connectivity index (χ4n) is 2.16. The minimum absolute atomic E-state index is 0.203. The molecule has 0 bridgehead atoms. The normalized spacial score (nSPS) is 12.8. The van der Waals surface area contributed by atoms with E-state index in [0.29, 0.717) is 5.92 Å². The van der Waals surface area contributed by atoms with E-state index in [4.69, 9.17) is 17.3 Å². The summed E-state index contributed by atoms with van der Waals surface area (Å²) in [5.41, 5.74) is 8.56. The van der Waals surface area contributed by atoms with E-state index in [1.54, 1.807) is 0 Å². The lowest BCUT2D eigenvalue weighted by Gasteiger charge is -2.25. The predicted octanol–water partition coefficient (Wildman–Crippen LogP) is 3.71. The van der Waals surface area contributed by atoms with Gasteiger partial charge in [-0.25, -0.2) is 0 Å². The van der Waals surface area contributed by atoms with Crippen molar-refractivity contribution in [1.29, 1.82) is 0 Å². The Kier molecular flexibility index (Phi) is 5.97. The average Bonchev–Trinajstić information content (AvgIpc) is 2.27. The van der Waals surface area contributed by atoms with Crippen LogP contribution in [0.4, 0.5) is 5.69 Å². The largest absolute Gasteiger partial charge is 0.374 e. The molecular weight excluding hydrogens is 244 g/mol. The number of anilines is 1. The molecule has 0 heterocycles. The van der Waals surface area contributed by atoms with Gasteiger partial charge in [0.1, 0.15) is 0 Å². The molecule has 0 radical (unpaired) electrons. The molecule has 0 aliphatic heterocycles. The minimum atomic E-state index is 0.203. The zero-order valence-electron chi connectivity index (χ0n) is 11.9. The molecule has 0 fully saturated rings. The predicted molar refractivity (Wildman–Crippen MR) is 81.5 cm³/mol. The van der Waals surface area contributed by atoms with E-state index in [1.165, 1.54) is 11.3 Å². The van der Waals surface area contributed by atoms with Crippen molar-refractivity contribution in [3.8, 4) is 0 Å². The Morgan fingerprint density at radius 1 is 1.33 bits per heavy atom. The Hall–Kier alpha value is -0.730. The van der Waals surface area contributed by atoms with Gasteiger partial charge in [-0.3, -0.25) is 0 Å². The Bertz CT molecular complexity index is 377. The summed E-state index contributed by atoms with van der Waals surface area (Å²) in [6, 6.07) is 6.30. The van der Waals surface area contributed by atoms with Gasteiger partial charge in [-0.2, -0.15) is 0 Å². The summed E-state index contributed by atoms with van der Waals surface area (Å²) in [5.74, 6) is 0.637. The first-order valence-electron chi connectivity index (χ1n) is 6.69. The number of hydrogen-bond acceptors (Lipinski definition) is 2. The van der Waals surface area contributed by atoms with E-state index in [2.05, 4.69) is 38.8 Å². The van der Waals surface area contributed by atoms with Gasteiger partial charge in [-0.05, 0) is 42.5 Å². The number of hydrogen-bond donors (Lipinski definition) is 1. The fourth-order valence-corrected chi connectivity index (χ4v) is 2.36. The Morgan fingerprint density at radius 2 is 2.00 bits per heavy atom. The topological polar surface area (TPSA) is 29.3 Å². The van der Waals surface area contributed by atoms with Gasteiger partial charge < -0.3 is 10.6 Å². The van der Waals surface area contributed by atoms with E-state index in [9.17, 15) is 0 Å². The quantitative estimate of drug-likeness (QED) is 0.852. The van der Waals surface area contributed by atoms with Gasteiger partial charge >= 0.3 is 0 Å². The molecule has 1 unspecified atom stereocenters. The average molecular weight is 269 g/mol. The highest BCUT2D eigenvalue weighted by Crippen LogP contribution is 2.25. The van der Waals surface area contributed by atoms with Crippen molar-refractivity contribution in [2.75, 3.05) is 18.5 Å². The van der Waals surface area contributed by atoms with E-state index >= 15 is 0 Å². The minimum Gasteiger partial charge on any atom is -0.374 e. The standard InChI is InChI=1S/C15H25ClN2/c1-5-14(17)9-12-8-13(16)6-7-15(12)18(4)10-11(2)3/h6-8,11,14H,5,9-10,17H2,1-4H3. The number of nitrogens with zero attached hydrogens (tertiary/aromatic N) is 1. The lowest BCUT2D eigenvalue weighted by atomic mass is 10.0. The maximum atomic E-state index is 6.09. The summed E-state index contributed by atoms with van der Waals surface area (Å²) in [4.78, 5) is 2.29. The van der Waals surface area contributed by atoms with Gasteiger partial charge in [-0.1, -0.05) is 32.4 Å². The summed E-state index contributed by atoms with van der Waals surface area (Å²) in [6.45, 7) is 7.61. The van der Waals surface area contributed by atoms with E-state index < -0.39 is 0 Å². The molecule has 18 heavy (non-hydrogen) atoms. The molecule has 1 aromatic rings. The Balaban J connectivity index is 2.95. The first-order chi connectivity index (χ1) is 8.43. The third-order valence-electron chi connectivity index (χ3n) is 3.10. The number of halogens is 1. The van der Waals surface area contributed by atoms with Gasteiger partial charge in [0.25, 0.3) is 0 Å². The summed E-state index contributed by atoms with van der Waals surface area (Å²) in [7, 11) is 2.13. The SMILES string of the molecule is CCC(N)Cc1cc(Cl)ccc1N(C)CC(C)C. The number of rotatable bonds is 6. The third-order valence-corrected chi connectivity index (χ3v) is 3.33. The molecule has 0 saturated carbocycles. The summed E-state index contributed by atoms with van der Waals surface area (Å²) in [6.07, 6.45) is 1.87. The Labute approximate surface area is 116 Å². The van der Waals surface area contributed by atoms with Crippen LogP contribution in [0.5, 0.6) is 0 Å². The molecule has 1 rings (SSSR count). The summed E-state index contributed by atoms with van der Waals surface area (Å²) < 4.78 is 0. The molecule has 0 saturated heterocycles. The van der Waals surface area contributed by atoms with E-state index in [1.807, 2.05) is 12.1 Å². The Morgan fingerprint density at radius 3 is 2.56 bits per heavy atom. The molecule has 102 valence electrons. The molecular formula is C15H25ClN2. The first kappa shape index (κ1) is 15.3. The highest BCUT2D eigenvalue weighted by Gasteiger charge is 2.12. The first-order valence-corrected chi connectivity index (χ1v) is 7.07. The molecule has 1 atom stereocenters. The van der Waals surface area contributed by atoms with E-state index in [0.717, 1.165) is 24.4 Å². The number of benzene rings is 1. The molecule has 0 aromatic heterocycles. The van der Waals surface area contributed by atoms with Crippen LogP contribution in [0.15, 0.2) is 18.2 Å². The van der Waals surface area contributed by atoms with Crippen LogP contribution in [0, 0.1) is 5.92 Å². The number of nitrogens with two attached hydrogens (primary N) is 1. The fraction of sp³-hybridized carbons (Fsp3) is 0.600. The molecule has 0 amide bonds. The molecule has 2 N–H and O–H groups in total. The lowest BCUT2D eigenvalue weighted by Crippen LogP contribution is -2.26. The second-order valence-corrected chi connectivity index (χ2v) is 5.86. The maximum Gasteiger partial charge on any atom is 0.0410 e. The zero-order chi connectivity index (χ0) is 13.7. The molecule has 0 spiro atoms. The monoisotopic (exact) mass is 268 g/mol. The van der Waals surface area contributed by atoms with Gasteiger partial charge in [0, 0.05) is 30.3 Å². The van der Waals surface area contributed by atoms with Crippen molar-refractivity contribution in [3.63, 3.8) is 0 Å². The second kappa shape index (κ2) is 7.01. The molecule has 3 heteroatoms. The summed E-state index contributed by atoms with van der Waals surface area (Å²) in [5, 5.41) is 0.787. The third kappa shape index (κ3) is 4.51. The lowest BCUT2D eigenvalue weighted by molar-refractivity contribution is 0.626. The van der Waals surface area contributed by atoms with Crippen LogP contribution < -0.4 is 10.6 Å². The van der Waals surface area contributed by atoms with Crippen LogP contribution in [-0.2, 0) is 6.42 Å². The van der Waals surface area contributed by atoms with E-state index in [-0.39, 0.29) is 6.04 Å². The highest BCUT2D eigenvalue weighted by molar-refractivity contribution is 6.30. The van der Waals surface area contributed by atoms with Crippen LogP contribution in [-0.4, -0.2) is 19.6 Å². The van der Waals surface area contributed by atoms with Crippen molar-refractivity contribution >= 4 is 17.3 Å². The van der Waals surface area contributed by atoms with Crippen LogP contribution in [0.1, 0.15) is 32.8 Å². The van der Waals surface area contributed by atoms with Crippen molar-refractivity contribution < 1.29 is 0 Å². The van der Waals surface area contributed by atoms with Crippen molar-refractivity contribution in [2.24, 2.45) is 11.7 Å². The van der Waals surface area contributed by atoms with Crippen LogP contribution in [0.3, 0.4) is 0 Å². The van der Waals surface area contributed by atoms with Gasteiger partial charge in [0.2, 0.25) is 0 Å².